The molecule has 0 aliphatic carbocycles. The molecule has 0 saturated heterocycles. The number of imidazole rings is 1. The van der Waals surface area contributed by atoms with E-state index in [1.54, 1.807) is 54.6 Å². The highest BCUT2D eigenvalue weighted by atomic mass is 32.1. The number of nitrogens with zero attached hydrogens (tertiary/aromatic N) is 4. The SMILES string of the molecule is O=CN(c1nc2cc(Oc3ccc(NC(=O)Nc4nncs4)cc3)ccc2[nH]1)c1ccco1. The lowest BCUT2D eigenvalue weighted by Crippen LogP contribution is -2.19. The van der Waals surface area contributed by atoms with E-state index in [-0.39, 0.29) is 0 Å². The van der Waals surface area contributed by atoms with Crippen molar-refractivity contribution in [3.8, 4) is 11.5 Å². The van der Waals surface area contributed by atoms with Crippen molar-refractivity contribution in [2.45, 2.75) is 0 Å². The predicted octanol–water partition coefficient (Wildman–Crippen LogP) is 4.74. The molecule has 0 aliphatic rings. The number of nitrogens with one attached hydrogen (secondary N) is 3. The van der Waals surface area contributed by atoms with Crippen LogP contribution in [0.5, 0.6) is 11.5 Å². The van der Waals surface area contributed by atoms with Gasteiger partial charge in [-0.15, -0.1) is 10.2 Å². The maximum absolute atomic E-state index is 12.0. The zero-order valence-electron chi connectivity index (χ0n) is 16.8. The number of benzene rings is 2. The van der Waals surface area contributed by atoms with Gasteiger partial charge in [0.15, 0.2) is 0 Å². The van der Waals surface area contributed by atoms with Crippen LogP contribution < -0.4 is 20.3 Å². The van der Waals surface area contributed by atoms with Gasteiger partial charge in [0, 0.05) is 17.8 Å². The third-order valence-corrected chi connectivity index (χ3v) is 5.05. The van der Waals surface area contributed by atoms with E-state index in [2.05, 4.69) is 30.8 Å². The largest absolute Gasteiger partial charge is 0.457 e. The number of amides is 3. The van der Waals surface area contributed by atoms with Gasteiger partial charge in [0.2, 0.25) is 23.4 Å². The molecular weight excluding hydrogens is 446 g/mol. The Hall–Kier alpha value is -4.71. The second kappa shape index (κ2) is 8.80. The second-order valence-corrected chi connectivity index (χ2v) is 7.45. The Morgan fingerprint density at radius 2 is 1.97 bits per heavy atom. The van der Waals surface area contributed by atoms with Gasteiger partial charge in [0.1, 0.15) is 17.0 Å². The summed E-state index contributed by atoms with van der Waals surface area (Å²) in [7, 11) is 0. The number of hydrogen-bond acceptors (Lipinski definition) is 8. The normalized spacial score (nSPS) is 10.7. The Morgan fingerprint density at radius 3 is 2.70 bits per heavy atom. The van der Waals surface area contributed by atoms with Gasteiger partial charge >= 0.3 is 6.03 Å². The summed E-state index contributed by atoms with van der Waals surface area (Å²) < 4.78 is 11.2. The Morgan fingerprint density at radius 1 is 1.12 bits per heavy atom. The van der Waals surface area contributed by atoms with Crippen LogP contribution in [0.25, 0.3) is 11.0 Å². The highest BCUT2D eigenvalue weighted by Gasteiger charge is 2.15. The van der Waals surface area contributed by atoms with Gasteiger partial charge in [-0.05, 0) is 42.5 Å². The molecule has 2 aromatic carbocycles. The number of rotatable bonds is 7. The van der Waals surface area contributed by atoms with Crippen LogP contribution >= 0.6 is 11.3 Å². The van der Waals surface area contributed by atoms with E-state index in [1.165, 1.54) is 28.0 Å². The van der Waals surface area contributed by atoms with Crippen molar-refractivity contribution in [3.63, 3.8) is 0 Å². The first kappa shape index (κ1) is 20.2. The van der Waals surface area contributed by atoms with Crippen LogP contribution in [0.4, 0.5) is 27.4 Å². The summed E-state index contributed by atoms with van der Waals surface area (Å²) >= 11 is 1.22. The average Bonchev–Trinajstić information content (AvgIpc) is 3.58. The van der Waals surface area contributed by atoms with E-state index in [1.807, 2.05) is 0 Å². The fourth-order valence-corrected chi connectivity index (χ4v) is 3.43. The van der Waals surface area contributed by atoms with E-state index in [4.69, 9.17) is 9.15 Å². The van der Waals surface area contributed by atoms with Gasteiger partial charge in [-0.1, -0.05) is 11.3 Å². The summed E-state index contributed by atoms with van der Waals surface area (Å²) in [5.41, 5.74) is 3.47. The summed E-state index contributed by atoms with van der Waals surface area (Å²) in [5, 5.41) is 13.1. The van der Waals surface area contributed by atoms with Gasteiger partial charge in [0.25, 0.3) is 0 Å². The third-order valence-electron chi connectivity index (χ3n) is 4.45. The molecule has 0 spiro atoms. The Kier molecular flexibility index (Phi) is 5.39. The first-order valence-corrected chi connectivity index (χ1v) is 10.5. The van der Waals surface area contributed by atoms with Crippen molar-refractivity contribution in [3.05, 3.63) is 66.4 Å². The van der Waals surface area contributed by atoms with Crippen LogP contribution in [0.2, 0.25) is 0 Å². The number of anilines is 4. The molecule has 5 rings (SSSR count). The van der Waals surface area contributed by atoms with Crippen LogP contribution in [0, 0.1) is 0 Å². The van der Waals surface area contributed by atoms with E-state index in [9.17, 15) is 9.59 Å². The first-order chi connectivity index (χ1) is 16.2. The van der Waals surface area contributed by atoms with Crippen molar-refractivity contribution in [1.82, 2.24) is 20.2 Å². The number of aromatic amines is 1. The molecule has 0 radical (unpaired) electrons. The Labute approximate surface area is 190 Å². The number of aromatic nitrogens is 4. The number of carbonyl (C=O) groups is 2. The van der Waals surface area contributed by atoms with Gasteiger partial charge < -0.3 is 19.5 Å². The topological polar surface area (TPSA) is 138 Å². The number of furan rings is 1. The van der Waals surface area contributed by atoms with Crippen molar-refractivity contribution in [1.29, 1.82) is 0 Å². The van der Waals surface area contributed by atoms with Crippen LogP contribution in [0.3, 0.4) is 0 Å². The zero-order valence-corrected chi connectivity index (χ0v) is 17.6. The maximum Gasteiger partial charge on any atom is 0.325 e. The quantitative estimate of drug-likeness (QED) is 0.298. The standard InChI is InChI=1S/C21H15N7O4S/c29-12-28(18-2-1-9-31-18)19-24-16-8-7-15(10-17(16)25-19)32-14-5-3-13(4-6-14)23-20(30)26-21-27-22-11-33-21/h1-12H,(H,24,25)(H2,23,26,27,30). The van der Waals surface area contributed by atoms with Crippen molar-refractivity contribution in [2.24, 2.45) is 0 Å². The van der Waals surface area contributed by atoms with E-state index < -0.39 is 6.03 Å². The molecule has 3 amide bonds. The molecule has 3 aromatic heterocycles. The highest BCUT2D eigenvalue weighted by molar-refractivity contribution is 7.13. The highest BCUT2D eigenvalue weighted by Crippen LogP contribution is 2.29. The van der Waals surface area contributed by atoms with Crippen LogP contribution in [-0.2, 0) is 4.79 Å². The molecule has 12 heteroatoms. The fourth-order valence-electron chi connectivity index (χ4n) is 2.99. The third kappa shape index (κ3) is 4.50. The molecule has 11 nitrogen and oxygen atoms in total. The minimum Gasteiger partial charge on any atom is -0.457 e. The van der Waals surface area contributed by atoms with Gasteiger partial charge in [-0.3, -0.25) is 10.1 Å². The van der Waals surface area contributed by atoms with E-state index in [0.29, 0.717) is 46.1 Å². The van der Waals surface area contributed by atoms with Gasteiger partial charge in [-0.2, -0.15) is 0 Å². The minimum atomic E-state index is -0.417. The second-order valence-electron chi connectivity index (χ2n) is 6.62. The van der Waals surface area contributed by atoms with Crippen LogP contribution in [0.1, 0.15) is 0 Å². The summed E-state index contributed by atoms with van der Waals surface area (Å²) in [4.78, 5) is 32.3. The number of ether oxygens (including phenoxy) is 1. The van der Waals surface area contributed by atoms with Crippen LogP contribution in [-0.4, -0.2) is 32.6 Å². The predicted molar refractivity (Wildman–Crippen MR) is 122 cm³/mol. The van der Waals surface area contributed by atoms with E-state index in [0.717, 1.165) is 5.52 Å². The maximum atomic E-state index is 12.0. The monoisotopic (exact) mass is 461 g/mol. The zero-order chi connectivity index (χ0) is 22.6. The van der Waals surface area contributed by atoms with Gasteiger partial charge in [-0.25, -0.2) is 14.7 Å². The lowest BCUT2D eigenvalue weighted by Gasteiger charge is -2.09. The van der Waals surface area contributed by atoms with Gasteiger partial charge in [0.05, 0.1) is 17.3 Å². The number of carbonyl (C=O) groups excluding carboxylic acids is 2. The first-order valence-electron chi connectivity index (χ1n) is 9.58. The molecule has 164 valence electrons. The summed E-state index contributed by atoms with van der Waals surface area (Å²) in [6, 6.07) is 15.2. The number of urea groups is 1. The smallest absolute Gasteiger partial charge is 0.325 e. The molecule has 0 fully saturated rings. The minimum absolute atomic E-state index is 0.328. The lowest BCUT2D eigenvalue weighted by atomic mass is 10.3. The number of hydrogen-bond donors (Lipinski definition) is 3. The van der Waals surface area contributed by atoms with Crippen molar-refractivity contribution >= 4 is 57.5 Å². The molecule has 0 saturated carbocycles. The number of fused-ring (bicyclic) bond motifs is 1. The molecule has 3 heterocycles. The fraction of sp³-hybridized carbons (Fsp3) is 0. The molecule has 0 unspecified atom stereocenters. The Bertz CT molecular complexity index is 1380. The average molecular weight is 461 g/mol. The summed E-state index contributed by atoms with van der Waals surface area (Å²) in [6.45, 7) is 0. The molecular formula is C21H15N7O4S. The van der Waals surface area contributed by atoms with Crippen molar-refractivity contribution < 1.29 is 18.7 Å². The summed E-state index contributed by atoms with van der Waals surface area (Å²) in [5.74, 6) is 1.82. The van der Waals surface area contributed by atoms with Crippen molar-refractivity contribution in [2.75, 3.05) is 15.5 Å². The molecule has 0 atom stereocenters. The van der Waals surface area contributed by atoms with Crippen LogP contribution in [0.15, 0.2) is 70.8 Å². The molecule has 0 bridgehead atoms. The summed E-state index contributed by atoms with van der Waals surface area (Å²) in [6.07, 6.45) is 2.10. The number of H-pyrrole nitrogens is 1. The van der Waals surface area contributed by atoms with E-state index >= 15 is 0 Å². The Balaban J connectivity index is 1.27. The molecule has 5 aromatic rings. The molecule has 0 aliphatic heterocycles. The molecule has 3 N–H and O–H groups in total. The lowest BCUT2D eigenvalue weighted by molar-refractivity contribution is -0.107. The molecule has 33 heavy (non-hydrogen) atoms.